The molecule has 0 radical (unpaired) electrons. The molecular weight excluding hydrogens is 446 g/mol. The first-order valence-electron chi connectivity index (χ1n) is 8.62. The van der Waals surface area contributed by atoms with Crippen LogP contribution in [0.2, 0.25) is 0 Å². The van der Waals surface area contributed by atoms with E-state index >= 15 is 0 Å². The van der Waals surface area contributed by atoms with Gasteiger partial charge in [-0.2, -0.15) is 0 Å². The SMILES string of the molecule is CCCN(Cc1nnc(-c2cccs2)o1)C(=O)COc1ccc(Br)cc1C=O. The first-order chi connectivity index (χ1) is 13.6. The molecule has 1 amide bonds. The van der Waals surface area contributed by atoms with Gasteiger partial charge in [0.2, 0.25) is 5.89 Å². The molecule has 3 rings (SSSR count). The summed E-state index contributed by atoms with van der Waals surface area (Å²) in [7, 11) is 0. The van der Waals surface area contributed by atoms with Gasteiger partial charge in [0.05, 0.1) is 17.0 Å². The summed E-state index contributed by atoms with van der Waals surface area (Å²) in [6.45, 7) is 2.52. The lowest BCUT2D eigenvalue weighted by Crippen LogP contribution is -2.35. The Morgan fingerprint density at radius 1 is 1.36 bits per heavy atom. The van der Waals surface area contributed by atoms with Gasteiger partial charge in [-0.25, -0.2) is 0 Å². The van der Waals surface area contributed by atoms with Crippen molar-refractivity contribution in [3.8, 4) is 16.5 Å². The summed E-state index contributed by atoms with van der Waals surface area (Å²) in [5, 5.41) is 10.0. The zero-order valence-corrected chi connectivity index (χ0v) is 17.5. The smallest absolute Gasteiger partial charge is 0.260 e. The lowest BCUT2D eigenvalue weighted by molar-refractivity contribution is -0.134. The molecule has 3 aromatic rings. The van der Waals surface area contributed by atoms with Crippen LogP contribution in [0.5, 0.6) is 5.75 Å². The molecule has 2 heterocycles. The van der Waals surface area contributed by atoms with Gasteiger partial charge in [-0.05, 0) is 36.1 Å². The third kappa shape index (κ3) is 5.05. The van der Waals surface area contributed by atoms with Crippen molar-refractivity contribution in [2.45, 2.75) is 19.9 Å². The molecule has 0 saturated heterocycles. The predicted octanol–water partition coefficient (Wildman–Crippen LogP) is 4.19. The second kappa shape index (κ2) is 9.61. The third-order valence-corrected chi connectivity index (χ3v) is 5.17. The molecule has 0 atom stereocenters. The number of halogens is 1. The van der Waals surface area contributed by atoms with Crippen LogP contribution in [0.3, 0.4) is 0 Å². The van der Waals surface area contributed by atoms with Crippen LogP contribution in [0.25, 0.3) is 10.8 Å². The Morgan fingerprint density at radius 2 is 2.21 bits per heavy atom. The Labute approximate surface area is 174 Å². The van der Waals surface area contributed by atoms with Gasteiger partial charge >= 0.3 is 0 Å². The van der Waals surface area contributed by atoms with E-state index in [9.17, 15) is 9.59 Å². The van der Waals surface area contributed by atoms with E-state index in [-0.39, 0.29) is 19.1 Å². The number of carbonyl (C=O) groups excluding carboxylic acids is 2. The lowest BCUT2D eigenvalue weighted by Gasteiger charge is -2.20. The molecule has 28 heavy (non-hydrogen) atoms. The maximum Gasteiger partial charge on any atom is 0.260 e. The second-order valence-electron chi connectivity index (χ2n) is 5.88. The van der Waals surface area contributed by atoms with Crippen molar-refractivity contribution in [1.82, 2.24) is 15.1 Å². The first kappa shape index (κ1) is 20.2. The highest BCUT2D eigenvalue weighted by Crippen LogP contribution is 2.24. The fourth-order valence-corrected chi connectivity index (χ4v) is 3.54. The quantitative estimate of drug-likeness (QED) is 0.442. The molecule has 146 valence electrons. The number of hydrogen-bond donors (Lipinski definition) is 0. The molecule has 0 fully saturated rings. The van der Waals surface area contributed by atoms with Crippen molar-refractivity contribution < 1.29 is 18.7 Å². The van der Waals surface area contributed by atoms with Crippen molar-refractivity contribution in [2.75, 3.05) is 13.2 Å². The minimum atomic E-state index is -0.225. The van der Waals surface area contributed by atoms with Gasteiger partial charge < -0.3 is 14.1 Å². The summed E-state index contributed by atoms with van der Waals surface area (Å²) in [5.41, 5.74) is 0.377. The minimum absolute atomic E-state index is 0.186. The van der Waals surface area contributed by atoms with Gasteiger partial charge in [0.25, 0.3) is 11.8 Å². The van der Waals surface area contributed by atoms with Gasteiger partial charge in [0.1, 0.15) is 5.75 Å². The Kier molecular flexibility index (Phi) is 6.94. The van der Waals surface area contributed by atoms with Crippen molar-refractivity contribution in [1.29, 1.82) is 0 Å². The van der Waals surface area contributed by atoms with Crippen LogP contribution < -0.4 is 4.74 Å². The molecule has 0 aliphatic rings. The predicted molar refractivity (Wildman–Crippen MR) is 108 cm³/mol. The lowest BCUT2D eigenvalue weighted by atomic mass is 10.2. The van der Waals surface area contributed by atoms with Gasteiger partial charge in [0.15, 0.2) is 12.9 Å². The van der Waals surface area contributed by atoms with E-state index < -0.39 is 0 Å². The van der Waals surface area contributed by atoms with Crippen LogP contribution in [-0.2, 0) is 11.3 Å². The zero-order chi connectivity index (χ0) is 19.9. The molecular formula is C19H18BrN3O4S. The van der Waals surface area contributed by atoms with E-state index in [4.69, 9.17) is 9.15 Å². The highest BCUT2D eigenvalue weighted by Gasteiger charge is 2.19. The molecule has 0 spiro atoms. The largest absolute Gasteiger partial charge is 0.483 e. The molecule has 0 aliphatic heterocycles. The summed E-state index contributed by atoms with van der Waals surface area (Å²) >= 11 is 4.81. The summed E-state index contributed by atoms with van der Waals surface area (Å²) in [6.07, 6.45) is 1.47. The Hall–Kier alpha value is -2.52. The average molecular weight is 464 g/mol. The fourth-order valence-electron chi connectivity index (χ4n) is 2.52. The van der Waals surface area contributed by atoms with Gasteiger partial charge in [-0.3, -0.25) is 9.59 Å². The zero-order valence-electron chi connectivity index (χ0n) is 15.1. The molecule has 2 aromatic heterocycles. The van der Waals surface area contributed by atoms with E-state index in [2.05, 4.69) is 26.1 Å². The van der Waals surface area contributed by atoms with E-state index in [1.165, 1.54) is 11.3 Å². The molecule has 0 aliphatic carbocycles. The summed E-state index contributed by atoms with van der Waals surface area (Å²) in [4.78, 5) is 26.3. The highest BCUT2D eigenvalue weighted by atomic mass is 79.9. The van der Waals surface area contributed by atoms with Crippen LogP contribution in [0.4, 0.5) is 0 Å². The number of thiophene rings is 1. The number of nitrogens with zero attached hydrogens (tertiary/aromatic N) is 3. The number of rotatable bonds is 9. The Balaban J connectivity index is 1.65. The Bertz CT molecular complexity index is 943. The van der Waals surface area contributed by atoms with Gasteiger partial charge in [-0.15, -0.1) is 21.5 Å². The normalized spacial score (nSPS) is 10.6. The van der Waals surface area contributed by atoms with Crippen molar-refractivity contribution in [2.24, 2.45) is 0 Å². The van der Waals surface area contributed by atoms with E-state index in [0.29, 0.717) is 35.9 Å². The number of aldehydes is 1. The van der Waals surface area contributed by atoms with E-state index in [0.717, 1.165) is 15.8 Å². The van der Waals surface area contributed by atoms with Gasteiger partial charge in [0, 0.05) is 11.0 Å². The molecule has 1 aromatic carbocycles. The molecule has 9 heteroatoms. The number of hydrogen-bond acceptors (Lipinski definition) is 7. The van der Waals surface area contributed by atoms with Crippen molar-refractivity contribution in [3.05, 3.63) is 51.6 Å². The number of ether oxygens (including phenoxy) is 1. The second-order valence-corrected chi connectivity index (χ2v) is 7.75. The number of amides is 1. The average Bonchev–Trinajstić information content (AvgIpc) is 3.38. The topological polar surface area (TPSA) is 85.5 Å². The fraction of sp³-hybridized carbons (Fsp3) is 0.263. The summed E-state index contributed by atoms with van der Waals surface area (Å²) in [6, 6.07) is 8.84. The number of carbonyl (C=O) groups is 2. The maximum atomic E-state index is 12.6. The van der Waals surface area contributed by atoms with E-state index in [1.807, 2.05) is 24.4 Å². The van der Waals surface area contributed by atoms with Crippen LogP contribution in [0, 0.1) is 0 Å². The van der Waals surface area contributed by atoms with Crippen LogP contribution >= 0.6 is 27.3 Å². The summed E-state index contributed by atoms with van der Waals surface area (Å²) < 4.78 is 12.0. The molecule has 0 N–H and O–H groups in total. The maximum absolute atomic E-state index is 12.6. The van der Waals surface area contributed by atoms with Crippen molar-refractivity contribution >= 4 is 39.5 Å². The van der Waals surface area contributed by atoms with Crippen LogP contribution in [0.15, 0.2) is 44.6 Å². The monoisotopic (exact) mass is 463 g/mol. The molecule has 0 unspecified atom stereocenters. The van der Waals surface area contributed by atoms with Crippen LogP contribution in [-0.4, -0.2) is 40.4 Å². The third-order valence-electron chi connectivity index (χ3n) is 3.82. The van der Waals surface area contributed by atoms with E-state index in [1.54, 1.807) is 23.1 Å². The number of benzene rings is 1. The number of aromatic nitrogens is 2. The summed E-state index contributed by atoms with van der Waals surface area (Å²) in [5.74, 6) is 0.941. The standard InChI is InChI=1S/C19H18BrN3O4S/c1-2-7-23(10-17-21-22-19(27-17)16-4-3-8-28-16)18(25)12-26-15-6-5-14(20)9-13(15)11-24/h3-6,8-9,11H,2,7,10,12H2,1H3. The highest BCUT2D eigenvalue weighted by molar-refractivity contribution is 9.10. The van der Waals surface area contributed by atoms with Gasteiger partial charge in [-0.1, -0.05) is 28.9 Å². The minimum Gasteiger partial charge on any atom is -0.483 e. The van der Waals surface area contributed by atoms with Crippen molar-refractivity contribution in [3.63, 3.8) is 0 Å². The van der Waals surface area contributed by atoms with Crippen LogP contribution in [0.1, 0.15) is 29.6 Å². The first-order valence-corrected chi connectivity index (χ1v) is 10.3. The molecule has 7 nitrogen and oxygen atoms in total. The Morgan fingerprint density at radius 3 is 2.93 bits per heavy atom. The molecule has 0 bridgehead atoms. The molecule has 0 saturated carbocycles.